The first-order valence-electron chi connectivity index (χ1n) is 12.2. The minimum absolute atomic E-state index is 0.0799. The fraction of sp³-hybridized carbons (Fsp3) is 0.464. The molecule has 0 aliphatic rings. The normalized spacial score (nSPS) is 11.5. The molecule has 0 saturated carbocycles. The first kappa shape index (κ1) is 26.3. The second-order valence-corrected chi connectivity index (χ2v) is 10.2. The standard InChI is InChI=1S/C28H38N4O3/c1-18-11-10-12-19(2)23(18)16-29-24-15-22(17-32-21(4)20(3)30-27(24)32)31-25(33)13-8-9-14-26(34)35-28(5,6)7/h10-12,15,17,29H,8-9,13-14,16H2,1-7H3,(H,31,33). The van der Waals surface area contributed by atoms with Crippen LogP contribution in [0.25, 0.3) is 5.65 Å². The average molecular weight is 479 g/mol. The van der Waals surface area contributed by atoms with E-state index in [0.717, 1.165) is 22.7 Å². The van der Waals surface area contributed by atoms with Gasteiger partial charge in [-0.2, -0.15) is 0 Å². The molecule has 3 aromatic rings. The van der Waals surface area contributed by atoms with Gasteiger partial charge in [0.15, 0.2) is 5.65 Å². The Kier molecular flexibility index (Phi) is 8.20. The number of carbonyl (C=O) groups is 2. The summed E-state index contributed by atoms with van der Waals surface area (Å²) in [4.78, 5) is 29.2. The van der Waals surface area contributed by atoms with E-state index in [0.29, 0.717) is 37.9 Å². The van der Waals surface area contributed by atoms with Crippen molar-refractivity contribution >= 4 is 28.9 Å². The summed E-state index contributed by atoms with van der Waals surface area (Å²) in [6.45, 7) is 14.5. The molecule has 0 saturated heterocycles. The molecule has 2 N–H and O–H groups in total. The molecule has 0 unspecified atom stereocenters. The van der Waals surface area contributed by atoms with Gasteiger partial charge in [-0.25, -0.2) is 4.98 Å². The summed E-state index contributed by atoms with van der Waals surface area (Å²) in [5.74, 6) is -0.308. The van der Waals surface area contributed by atoms with Crippen LogP contribution in [0.15, 0.2) is 30.5 Å². The number of anilines is 2. The third-order valence-corrected chi connectivity index (χ3v) is 6.03. The van der Waals surface area contributed by atoms with E-state index in [-0.39, 0.29) is 11.9 Å². The molecule has 2 heterocycles. The van der Waals surface area contributed by atoms with Crippen molar-refractivity contribution in [3.63, 3.8) is 0 Å². The third-order valence-electron chi connectivity index (χ3n) is 6.03. The van der Waals surface area contributed by atoms with E-state index in [1.807, 2.05) is 51.3 Å². The molecule has 0 radical (unpaired) electrons. The number of amides is 1. The predicted octanol–water partition coefficient (Wildman–Crippen LogP) is 6.02. The lowest BCUT2D eigenvalue weighted by Crippen LogP contribution is -2.23. The molecule has 2 aromatic heterocycles. The van der Waals surface area contributed by atoms with Crippen molar-refractivity contribution in [1.82, 2.24) is 9.38 Å². The van der Waals surface area contributed by atoms with E-state index in [4.69, 9.17) is 9.72 Å². The number of nitrogens with zero attached hydrogens (tertiary/aromatic N) is 2. The lowest BCUT2D eigenvalue weighted by atomic mass is 10.0. The maximum absolute atomic E-state index is 12.6. The van der Waals surface area contributed by atoms with Gasteiger partial charge >= 0.3 is 5.97 Å². The van der Waals surface area contributed by atoms with Gasteiger partial charge in [0.25, 0.3) is 0 Å². The molecular formula is C28H38N4O3. The molecule has 0 spiro atoms. The molecular weight excluding hydrogens is 440 g/mol. The van der Waals surface area contributed by atoms with Crippen LogP contribution < -0.4 is 10.6 Å². The van der Waals surface area contributed by atoms with Crippen molar-refractivity contribution in [2.75, 3.05) is 10.6 Å². The van der Waals surface area contributed by atoms with E-state index in [1.54, 1.807) is 0 Å². The quantitative estimate of drug-likeness (QED) is 0.290. The Morgan fingerprint density at radius 3 is 2.34 bits per heavy atom. The third kappa shape index (κ3) is 7.07. The van der Waals surface area contributed by atoms with Crippen LogP contribution in [0.2, 0.25) is 0 Å². The number of rotatable bonds is 9. The van der Waals surface area contributed by atoms with Crippen molar-refractivity contribution < 1.29 is 14.3 Å². The summed E-state index contributed by atoms with van der Waals surface area (Å²) in [6.07, 6.45) is 3.80. The number of imidazole rings is 1. The van der Waals surface area contributed by atoms with Crippen LogP contribution in [0.4, 0.5) is 11.4 Å². The van der Waals surface area contributed by atoms with Crippen LogP contribution in [0.1, 0.15) is 74.5 Å². The van der Waals surface area contributed by atoms with Crippen molar-refractivity contribution in [2.45, 2.75) is 86.3 Å². The highest BCUT2D eigenvalue weighted by atomic mass is 16.6. The number of carbonyl (C=O) groups excluding carboxylic acids is 2. The summed E-state index contributed by atoms with van der Waals surface area (Å²) in [6, 6.07) is 8.23. The Hall–Kier alpha value is -3.35. The number of esters is 1. The molecule has 3 rings (SSSR count). The number of unbranched alkanes of at least 4 members (excludes halogenated alkanes) is 1. The molecule has 0 bridgehead atoms. The summed E-state index contributed by atoms with van der Waals surface area (Å²) >= 11 is 0. The van der Waals surface area contributed by atoms with Crippen LogP contribution in [-0.2, 0) is 20.9 Å². The van der Waals surface area contributed by atoms with Crippen molar-refractivity contribution in [2.24, 2.45) is 0 Å². The number of aryl methyl sites for hydroxylation is 4. The summed E-state index contributed by atoms with van der Waals surface area (Å²) in [7, 11) is 0. The Labute approximate surface area is 208 Å². The number of fused-ring (bicyclic) bond motifs is 1. The second-order valence-electron chi connectivity index (χ2n) is 10.2. The molecule has 188 valence electrons. The first-order valence-corrected chi connectivity index (χ1v) is 12.2. The molecule has 0 fully saturated rings. The fourth-order valence-corrected chi connectivity index (χ4v) is 4.05. The minimum Gasteiger partial charge on any atom is -0.460 e. The number of ether oxygens (including phenoxy) is 1. The number of nitrogens with one attached hydrogen (secondary N) is 2. The Morgan fingerprint density at radius 1 is 1.03 bits per heavy atom. The topological polar surface area (TPSA) is 84.7 Å². The predicted molar refractivity (Wildman–Crippen MR) is 141 cm³/mol. The van der Waals surface area contributed by atoms with E-state index in [9.17, 15) is 9.59 Å². The SMILES string of the molecule is Cc1cccc(C)c1CNc1cc(NC(=O)CCCCC(=O)OC(C)(C)C)cn2c(C)c(C)nc12. The van der Waals surface area contributed by atoms with Gasteiger partial charge in [0, 0.05) is 31.3 Å². The van der Waals surface area contributed by atoms with E-state index in [2.05, 4.69) is 42.7 Å². The van der Waals surface area contributed by atoms with E-state index >= 15 is 0 Å². The van der Waals surface area contributed by atoms with Crippen LogP contribution in [0.5, 0.6) is 0 Å². The Morgan fingerprint density at radius 2 is 1.69 bits per heavy atom. The van der Waals surface area contributed by atoms with Gasteiger partial charge in [-0.3, -0.25) is 9.59 Å². The maximum atomic E-state index is 12.6. The summed E-state index contributed by atoms with van der Waals surface area (Å²) < 4.78 is 7.34. The van der Waals surface area contributed by atoms with Gasteiger partial charge in [0.1, 0.15) is 5.60 Å². The van der Waals surface area contributed by atoms with Gasteiger partial charge < -0.3 is 19.8 Å². The molecule has 35 heavy (non-hydrogen) atoms. The molecule has 1 aromatic carbocycles. The largest absolute Gasteiger partial charge is 0.460 e. The van der Waals surface area contributed by atoms with E-state index in [1.165, 1.54) is 16.7 Å². The fourth-order valence-electron chi connectivity index (χ4n) is 4.05. The zero-order valence-electron chi connectivity index (χ0n) is 22.0. The van der Waals surface area contributed by atoms with E-state index < -0.39 is 5.60 Å². The smallest absolute Gasteiger partial charge is 0.306 e. The zero-order chi connectivity index (χ0) is 25.8. The summed E-state index contributed by atoms with van der Waals surface area (Å²) in [5.41, 5.74) is 7.63. The molecule has 7 heteroatoms. The van der Waals surface area contributed by atoms with Crippen LogP contribution in [0, 0.1) is 27.7 Å². The first-order chi connectivity index (χ1) is 16.4. The maximum Gasteiger partial charge on any atom is 0.306 e. The summed E-state index contributed by atoms with van der Waals surface area (Å²) in [5, 5.41) is 6.55. The second kappa shape index (κ2) is 10.9. The highest BCUT2D eigenvalue weighted by Crippen LogP contribution is 2.26. The molecule has 7 nitrogen and oxygen atoms in total. The van der Waals surface area contributed by atoms with Gasteiger partial charge in [-0.05, 0) is 84.1 Å². The minimum atomic E-state index is -0.486. The molecule has 0 aliphatic carbocycles. The lowest BCUT2D eigenvalue weighted by Gasteiger charge is -2.19. The van der Waals surface area contributed by atoms with Gasteiger partial charge in [-0.15, -0.1) is 0 Å². The Balaban J connectivity index is 1.68. The molecule has 0 aliphatic heterocycles. The monoisotopic (exact) mass is 478 g/mol. The molecule has 0 atom stereocenters. The van der Waals surface area contributed by atoms with Crippen LogP contribution in [-0.4, -0.2) is 26.9 Å². The number of hydrogen-bond acceptors (Lipinski definition) is 5. The van der Waals surface area contributed by atoms with Crippen molar-refractivity contribution in [1.29, 1.82) is 0 Å². The number of hydrogen-bond donors (Lipinski definition) is 2. The number of benzene rings is 1. The highest BCUT2D eigenvalue weighted by molar-refractivity contribution is 5.92. The molecule has 1 amide bonds. The highest BCUT2D eigenvalue weighted by Gasteiger charge is 2.16. The van der Waals surface area contributed by atoms with Gasteiger partial charge in [-0.1, -0.05) is 18.2 Å². The average Bonchev–Trinajstić information content (AvgIpc) is 3.04. The number of aromatic nitrogens is 2. The van der Waals surface area contributed by atoms with Crippen LogP contribution >= 0.6 is 0 Å². The van der Waals surface area contributed by atoms with Gasteiger partial charge in [0.05, 0.1) is 17.1 Å². The van der Waals surface area contributed by atoms with Crippen molar-refractivity contribution in [3.8, 4) is 0 Å². The van der Waals surface area contributed by atoms with Gasteiger partial charge in [0.2, 0.25) is 5.91 Å². The number of pyridine rings is 1. The van der Waals surface area contributed by atoms with Crippen molar-refractivity contribution in [3.05, 3.63) is 58.5 Å². The Bertz CT molecular complexity index is 1200. The zero-order valence-corrected chi connectivity index (χ0v) is 22.0. The van der Waals surface area contributed by atoms with Crippen LogP contribution in [0.3, 0.4) is 0 Å². The lowest BCUT2D eigenvalue weighted by molar-refractivity contribution is -0.155.